The van der Waals surface area contributed by atoms with Crippen molar-refractivity contribution < 1.29 is 0 Å². The molecule has 2 aromatic rings. The molecule has 0 atom stereocenters. The lowest BCUT2D eigenvalue weighted by Crippen LogP contribution is -2.09. The Morgan fingerprint density at radius 1 is 1.31 bits per heavy atom. The zero-order valence-electron chi connectivity index (χ0n) is 9.57. The van der Waals surface area contributed by atoms with Gasteiger partial charge in [0.25, 0.3) is 0 Å². The Hall–Kier alpha value is -1.97. The molecule has 2 rings (SSSR count). The number of aromatic amines is 1. The second-order valence-corrected chi connectivity index (χ2v) is 3.87. The number of pyridine rings is 1. The van der Waals surface area contributed by atoms with E-state index in [1.165, 1.54) is 5.56 Å². The number of anilines is 2. The van der Waals surface area contributed by atoms with Crippen LogP contribution in [0.2, 0.25) is 0 Å². The van der Waals surface area contributed by atoms with Crippen LogP contribution in [0.15, 0.2) is 36.8 Å². The Morgan fingerprint density at radius 3 is 2.75 bits per heavy atom. The minimum Gasteiger partial charge on any atom is -0.376 e. The second-order valence-electron chi connectivity index (χ2n) is 3.87. The molecule has 0 fully saturated rings. The molecule has 4 nitrogen and oxygen atoms in total. The van der Waals surface area contributed by atoms with Crippen molar-refractivity contribution in [3.05, 3.63) is 42.4 Å². The predicted octanol–water partition coefficient (Wildman–Crippen LogP) is 2.09. The first-order valence-electron chi connectivity index (χ1n) is 5.24. The normalized spacial score (nSPS) is 10.1. The minimum atomic E-state index is 0.789. The fraction of sp³-hybridized carbons (Fsp3) is 0.250. The molecular weight excluding hydrogens is 200 g/mol. The smallest absolute Gasteiger partial charge is 0.126 e. The van der Waals surface area contributed by atoms with Crippen LogP contribution >= 0.6 is 0 Å². The van der Waals surface area contributed by atoms with Crippen LogP contribution in [0.5, 0.6) is 0 Å². The van der Waals surface area contributed by atoms with Crippen LogP contribution in [0.25, 0.3) is 0 Å². The Balaban J connectivity index is 1.95. The quantitative estimate of drug-likeness (QED) is 0.822. The van der Waals surface area contributed by atoms with E-state index in [4.69, 9.17) is 0 Å². The maximum Gasteiger partial charge on any atom is 0.126 e. The number of nitrogens with one attached hydrogen (secondary N) is 2. The molecule has 4 heteroatoms. The van der Waals surface area contributed by atoms with Crippen molar-refractivity contribution in [1.29, 1.82) is 0 Å². The van der Waals surface area contributed by atoms with Gasteiger partial charge >= 0.3 is 0 Å². The van der Waals surface area contributed by atoms with Crippen LogP contribution in [-0.2, 0) is 6.54 Å². The summed E-state index contributed by atoms with van der Waals surface area (Å²) < 4.78 is 0. The molecule has 2 aromatic heterocycles. The molecule has 0 aliphatic carbocycles. The highest BCUT2D eigenvalue weighted by Crippen LogP contribution is 2.12. The van der Waals surface area contributed by atoms with Gasteiger partial charge in [-0.3, -0.25) is 0 Å². The van der Waals surface area contributed by atoms with Gasteiger partial charge in [-0.1, -0.05) is 0 Å². The van der Waals surface area contributed by atoms with Crippen LogP contribution in [-0.4, -0.2) is 24.1 Å². The molecule has 0 amide bonds. The highest BCUT2D eigenvalue weighted by Gasteiger charge is 1.97. The molecule has 0 aliphatic rings. The van der Waals surface area contributed by atoms with Gasteiger partial charge in [0.15, 0.2) is 0 Å². The van der Waals surface area contributed by atoms with Crippen LogP contribution in [0.3, 0.4) is 0 Å². The summed E-state index contributed by atoms with van der Waals surface area (Å²) in [4.78, 5) is 9.39. The first-order valence-corrected chi connectivity index (χ1v) is 5.24. The summed E-state index contributed by atoms with van der Waals surface area (Å²) in [7, 11) is 4.01. The molecule has 0 bridgehead atoms. The van der Waals surface area contributed by atoms with E-state index >= 15 is 0 Å². The molecule has 2 heterocycles. The van der Waals surface area contributed by atoms with Gasteiger partial charge in [-0.2, -0.15) is 0 Å². The van der Waals surface area contributed by atoms with E-state index in [1.54, 1.807) is 0 Å². The topological polar surface area (TPSA) is 44.0 Å². The van der Waals surface area contributed by atoms with E-state index in [0.717, 1.165) is 18.1 Å². The number of hydrogen-bond acceptors (Lipinski definition) is 3. The summed E-state index contributed by atoms with van der Waals surface area (Å²) in [6.07, 6.45) is 5.75. The van der Waals surface area contributed by atoms with Crippen molar-refractivity contribution in [3.8, 4) is 0 Å². The van der Waals surface area contributed by atoms with E-state index in [1.807, 2.05) is 55.8 Å². The summed E-state index contributed by atoms with van der Waals surface area (Å²) in [6.45, 7) is 0.789. The number of rotatable bonds is 4. The maximum absolute atomic E-state index is 4.34. The van der Waals surface area contributed by atoms with Gasteiger partial charge in [0.2, 0.25) is 0 Å². The van der Waals surface area contributed by atoms with E-state index < -0.39 is 0 Å². The van der Waals surface area contributed by atoms with Gasteiger partial charge in [-0.25, -0.2) is 4.98 Å². The number of aromatic nitrogens is 2. The SMILES string of the molecule is CN(C)c1ccc(NCc2cc[nH]c2)nc1. The Kier molecular flexibility index (Phi) is 3.10. The fourth-order valence-corrected chi connectivity index (χ4v) is 1.42. The van der Waals surface area contributed by atoms with E-state index in [2.05, 4.69) is 15.3 Å². The number of H-pyrrole nitrogens is 1. The van der Waals surface area contributed by atoms with Gasteiger partial charge in [0.1, 0.15) is 5.82 Å². The summed E-state index contributed by atoms with van der Waals surface area (Å²) in [5.41, 5.74) is 2.32. The van der Waals surface area contributed by atoms with Gasteiger partial charge in [0.05, 0.1) is 11.9 Å². The van der Waals surface area contributed by atoms with Crippen LogP contribution in [0.4, 0.5) is 11.5 Å². The Bertz CT molecular complexity index is 417. The lowest BCUT2D eigenvalue weighted by Gasteiger charge is -2.12. The van der Waals surface area contributed by atoms with Crippen LogP contribution < -0.4 is 10.2 Å². The third-order valence-electron chi connectivity index (χ3n) is 2.40. The third kappa shape index (κ3) is 2.53. The molecule has 0 unspecified atom stereocenters. The number of hydrogen-bond donors (Lipinski definition) is 2. The van der Waals surface area contributed by atoms with Gasteiger partial charge in [-0.15, -0.1) is 0 Å². The van der Waals surface area contributed by atoms with E-state index in [-0.39, 0.29) is 0 Å². The van der Waals surface area contributed by atoms with Gasteiger partial charge in [-0.05, 0) is 23.8 Å². The van der Waals surface area contributed by atoms with Gasteiger partial charge in [0, 0.05) is 33.0 Å². The van der Waals surface area contributed by atoms with Crippen molar-refractivity contribution in [2.24, 2.45) is 0 Å². The monoisotopic (exact) mass is 216 g/mol. The van der Waals surface area contributed by atoms with Crippen LogP contribution in [0, 0.1) is 0 Å². The summed E-state index contributed by atoms with van der Waals surface area (Å²) in [6, 6.07) is 6.08. The van der Waals surface area contributed by atoms with Crippen molar-refractivity contribution >= 4 is 11.5 Å². The predicted molar refractivity (Wildman–Crippen MR) is 66.7 cm³/mol. The highest BCUT2D eigenvalue weighted by atomic mass is 15.1. The molecular formula is C12H16N4. The molecule has 84 valence electrons. The lowest BCUT2D eigenvalue weighted by atomic mass is 10.3. The highest BCUT2D eigenvalue weighted by molar-refractivity contribution is 5.48. The summed E-state index contributed by atoms with van der Waals surface area (Å²) in [5, 5.41) is 3.26. The molecule has 0 saturated carbocycles. The van der Waals surface area contributed by atoms with E-state index in [0.29, 0.717) is 0 Å². The van der Waals surface area contributed by atoms with E-state index in [9.17, 15) is 0 Å². The first kappa shape index (κ1) is 10.5. The van der Waals surface area contributed by atoms with Crippen LogP contribution in [0.1, 0.15) is 5.56 Å². The number of nitrogens with zero attached hydrogens (tertiary/aromatic N) is 2. The maximum atomic E-state index is 4.34. The summed E-state index contributed by atoms with van der Waals surface area (Å²) >= 11 is 0. The van der Waals surface area contributed by atoms with Crippen molar-refractivity contribution in [1.82, 2.24) is 9.97 Å². The third-order valence-corrected chi connectivity index (χ3v) is 2.40. The Morgan fingerprint density at radius 2 is 2.19 bits per heavy atom. The van der Waals surface area contributed by atoms with Crippen molar-refractivity contribution in [2.45, 2.75) is 6.54 Å². The molecule has 16 heavy (non-hydrogen) atoms. The van der Waals surface area contributed by atoms with Crippen molar-refractivity contribution in [2.75, 3.05) is 24.3 Å². The molecule has 0 spiro atoms. The zero-order valence-corrected chi connectivity index (χ0v) is 9.57. The lowest BCUT2D eigenvalue weighted by molar-refractivity contribution is 1.08. The fourth-order valence-electron chi connectivity index (χ4n) is 1.42. The zero-order chi connectivity index (χ0) is 11.4. The van der Waals surface area contributed by atoms with Gasteiger partial charge < -0.3 is 15.2 Å². The standard InChI is InChI=1S/C12H16N4/c1-16(2)11-3-4-12(15-9-11)14-8-10-5-6-13-7-10/h3-7,9,13H,8H2,1-2H3,(H,14,15). The largest absolute Gasteiger partial charge is 0.376 e. The summed E-state index contributed by atoms with van der Waals surface area (Å²) in [5.74, 6) is 0.895. The Labute approximate surface area is 95.3 Å². The molecule has 0 saturated heterocycles. The molecule has 2 N–H and O–H groups in total. The first-order chi connectivity index (χ1) is 7.75. The average molecular weight is 216 g/mol. The molecule has 0 radical (unpaired) electrons. The minimum absolute atomic E-state index is 0.789. The van der Waals surface area contributed by atoms with Crippen molar-refractivity contribution in [3.63, 3.8) is 0 Å². The average Bonchev–Trinajstić information content (AvgIpc) is 2.80. The molecule has 0 aromatic carbocycles. The second kappa shape index (κ2) is 4.70. The molecule has 0 aliphatic heterocycles.